The Kier molecular flexibility index (Phi) is 3.86. The van der Waals surface area contributed by atoms with Crippen LogP contribution < -0.4 is 5.32 Å². The molecule has 0 spiro atoms. The van der Waals surface area contributed by atoms with Crippen LogP contribution in [-0.4, -0.2) is 20.7 Å². The van der Waals surface area contributed by atoms with Crippen molar-refractivity contribution in [2.45, 2.75) is 13.5 Å². The molecular formula is C19H15ClN4O. The molecule has 2 aromatic carbocycles. The Balaban J connectivity index is 1.79. The van der Waals surface area contributed by atoms with E-state index < -0.39 is 0 Å². The van der Waals surface area contributed by atoms with E-state index in [1.165, 1.54) is 0 Å². The van der Waals surface area contributed by atoms with E-state index in [9.17, 15) is 4.79 Å². The minimum absolute atomic E-state index is 0.229. The summed E-state index contributed by atoms with van der Waals surface area (Å²) in [4.78, 5) is 17.2. The first-order valence-corrected chi connectivity index (χ1v) is 8.36. The highest BCUT2D eigenvalue weighted by atomic mass is 35.5. The van der Waals surface area contributed by atoms with E-state index in [0.717, 1.165) is 21.9 Å². The molecule has 6 heteroatoms. The van der Waals surface area contributed by atoms with Crippen molar-refractivity contribution in [2.24, 2.45) is 0 Å². The van der Waals surface area contributed by atoms with E-state index in [1.54, 1.807) is 28.9 Å². The van der Waals surface area contributed by atoms with Crippen molar-refractivity contribution in [1.82, 2.24) is 14.8 Å². The van der Waals surface area contributed by atoms with E-state index in [2.05, 4.69) is 10.4 Å². The van der Waals surface area contributed by atoms with Crippen molar-refractivity contribution in [1.29, 1.82) is 0 Å². The lowest BCUT2D eigenvalue weighted by Gasteiger charge is -2.03. The van der Waals surface area contributed by atoms with Crippen LogP contribution in [0.25, 0.3) is 21.9 Å². The fraction of sp³-hybridized carbons (Fsp3) is 0.105. The Bertz CT molecular complexity index is 1090. The number of anilines is 1. The first kappa shape index (κ1) is 15.6. The van der Waals surface area contributed by atoms with Gasteiger partial charge in [0, 0.05) is 22.5 Å². The number of hydrogen-bond donors (Lipinski definition) is 1. The second kappa shape index (κ2) is 6.18. The summed E-state index contributed by atoms with van der Waals surface area (Å²) in [6, 6.07) is 16.6. The largest absolute Gasteiger partial charge is 0.305 e. The van der Waals surface area contributed by atoms with Crippen molar-refractivity contribution in [3.05, 3.63) is 65.2 Å². The number of aromatic nitrogens is 3. The number of para-hydroxylation sites is 1. The Morgan fingerprint density at radius 1 is 1.16 bits per heavy atom. The predicted molar refractivity (Wildman–Crippen MR) is 100 cm³/mol. The highest BCUT2D eigenvalue weighted by molar-refractivity contribution is 6.30. The normalized spacial score (nSPS) is 11.1. The molecule has 25 heavy (non-hydrogen) atoms. The molecule has 0 aliphatic carbocycles. The van der Waals surface area contributed by atoms with Crippen LogP contribution in [0, 0.1) is 0 Å². The number of rotatable bonds is 3. The zero-order valence-electron chi connectivity index (χ0n) is 13.5. The molecule has 2 aromatic heterocycles. The molecule has 1 N–H and O–H groups in total. The summed E-state index contributed by atoms with van der Waals surface area (Å²) in [7, 11) is 0. The Hall–Kier alpha value is -2.92. The van der Waals surface area contributed by atoms with Gasteiger partial charge >= 0.3 is 0 Å². The quantitative estimate of drug-likeness (QED) is 0.591. The number of nitrogens with zero attached hydrogens (tertiary/aromatic N) is 3. The van der Waals surface area contributed by atoms with Crippen LogP contribution >= 0.6 is 11.6 Å². The monoisotopic (exact) mass is 350 g/mol. The number of benzene rings is 2. The lowest BCUT2D eigenvalue weighted by molar-refractivity contribution is 0.102. The highest BCUT2D eigenvalue weighted by Gasteiger charge is 2.15. The van der Waals surface area contributed by atoms with Gasteiger partial charge < -0.3 is 5.32 Å². The maximum atomic E-state index is 12.5. The maximum absolute atomic E-state index is 12.5. The van der Waals surface area contributed by atoms with E-state index in [1.807, 2.05) is 37.3 Å². The number of amides is 1. The summed E-state index contributed by atoms with van der Waals surface area (Å²) < 4.78 is 1.79. The van der Waals surface area contributed by atoms with Gasteiger partial charge in [-0.25, -0.2) is 9.67 Å². The number of carbonyl (C=O) groups is 1. The van der Waals surface area contributed by atoms with Crippen LogP contribution in [0.4, 0.5) is 5.82 Å². The number of hydrogen-bond acceptors (Lipinski definition) is 3. The lowest BCUT2D eigenvalue weighted by atomic mass is 10.2. The summed E-state index contributed by atoms with van der Waals surface area (Å²) in [6.45, 7) is 2.66. The number of fused-ring (bicyclic) bond motifs is 2. The van der Waals surface area contributed by atoms with Gasteiger partial charge in [0.25, 0.3) is 5.91 Å². The predicted octanol–water partition coefficient (Wildman–Crippen LogP) is 4.51. The molecule has 2 heterocycles. The number of halogens is 1. The van der Waals surface area contributed by atoms with Gasteiger partial charge in [-0.05, 0) is 43.3 Å². The van der Waals surface area contributed by atoms with Crippen LogP contribution in [0.5, 0.6) is 0 Å². The van der Waals surface area contributed by atoms with E-state index in [4.69, 9.17) is 16.6 Å². The fourth-order valence-corrected chi connectivity index (χ4v) is 2.92. The zero-order chi connectivity index (χ0) is 17.4. The Morgan fingerprint density at radius 2 is 1.92 bits per heavy atom. The number of pyridine rings is 1. The topological polar surface area (TPSA) is 59.8 Å². The molecule has 0 unspecified atom stereocenters. The van der Waals surface area contributed by atoms with Gasteiger partial charge in [-0.2, -0.15) is 5.10 Å². The first-order valence-electron chi connectivity index (χ1n) is 7.99. The summed E-state index contributed by atoms with van der Waals surface area (Å²) in [5, 5.41) is 9.82. The van der Waals surface area contributed by atoms with Gasteiger partial charge in [-0.3, -0.25) is 4.79 Å². The minimum atomic E-state index is -0.229. The molecule has 0 saturated carbocycles. The smallest absolute Gasteiger partial charge is 0.256 e. The summed E-state index contributed by atoms with van der Waals surface area (Å²) in [6.07, 6.45) is 0. The van der Waals surface area contributed by atoms with Crippen LogP contribution in [0.2, 0.25) is 5.02 Å². The SMILES string of the molecule is CCn1nc(NC(=O)c2ccc(Cl)cc2)c2cc3ccccc3nc21. The van der Waals surface area contributed by atoms with Gasteiger partial charge in [0.1, 0.15) is 0 Å². The molecule has 0 atom stereocenters. The minimum Gasteiger partial charge on any atom is -0.305 e. The molecule has 0 aliphatic heterocycles. The Morgan fingerprint density at radius 3 is 2.68 bits per heavy atom. The first-order chi connectivity index (χ1) is 12.2. The van der Waals surface area contributed by atoms with Crippen LogP contribution in [0.15, 0.2) is 54.6 Å². The molecule has 0 radical (unpaired) electrons. The molecule has 0 fully saturated rings. The third-order valence-corrected chi connectivity index (χ3v) is 4.31. The molecule has 0 bridgehead atoms. The van der Waals surface area contributed by atoms with E-state index in [0.29, 0.717) is 22.9 Å². The molecule has 5 nitrogen and oxygen atoms in total. The molecule has 124 valence electrons. The number of nitrogens with one attached hydrogen (secondary N) is 1. The van der Waals surface area contributed by atoms with E-state index >= 15 is 0 Å². The molecule has 1 amide bonds. The van der Waals surface area contributed by atoms with Crippen LogP contribution in [0.1, 0.15) is 17.3 Å². The Labute approximate surface area is 149 Å². The molecule has 0 aliphatic rings. The molecule has 4 aromatic rings. The average molecular weight is 351 g/mol. The van der Waals surface area contributed by atoms with Gasteiger partial charge in [-0.1, -0.05) is 29.8 Å². The summed E-state index contributed by atoms with van der Waals surface area (Å²) in [5.41, 5.74) is 2.19. The molecular weight excluding hydrogens is 336 g/mol. The van der Waals surface area contributed by atoms with Gasteiger partial charge in [0.2, 0.25) is 0 Å². The van der Waals surface area contributed by atoms with E-state index in [-0.39, 0.29) is 5.91 Å². The highest BCUT2D eigenvalue weighted by Crippen LogP contribution is 2.26. The third-order valence-electron chi connectivity index (χ3n) is 4.06. The average Bonchev–Trinajstić information content (AvgIpc) is 2.97. The molecule has 4 rings (SSSR count). The maximum Gasteiger partial charge on any atom is 0.256 e. The zero-order valence-corrected chi connectivity index (χ0v) is 14.3. The lowest BCUT2D eigenvalue weighted by Crippen LogP contribution is -2.12. The third kappa shape index (κ3) is 2.83. The van der Waals surface area contributed by atoms with Gasteiger partial charge in [0.05, 0.1) is 10.9 Å². The second-order valence-corrected chi connectivity index (χ2v) is 6.11. The fourth-order valence-electron chi connectivity index (χ4n) is 2.79. The standard InChI is InChI=1S/C19H15ClN4O/c1-2-24-18-15(11-13-5-3-4-6-16(13)21-18)17(23-24)22-19(25)12-7-9-14(20)10-8-12/h3-11H,2H2,1H3,(H,22,23,25). The van der Waals surface area contributed by atoms with Gasteiger partial charge in [0.15, 0.2) is 11.5 Å². The van der Waals surface area contributed by atoms with Crippen molar-refractivity contribution < 1.29 is 4.79 Å². The number of carbonyl (C=O) groups excluding carboxylic acids is 1. The number of aryl methyl sites for hydroxylation is 1. The summed E-state index contributed by atoms with van der Waals surface area (Å²) in [5.74, 6) is 0.280. The summed E-state index contributed by atoms with van der Waals surface area (Å²) >= 11 is 5.88. The van der Waals surface area contributed by atoms with Crippen molar-refractivity contribution in [2.75, 3.05) is 5.32 Å². The second-order valence-electron chi connectivity index (χ2n) is 5.68. The van der Waals surface area contributed by atoms with Crippen LogP contribution in [-0.2, 0) is 6.54 Å². The van der Waals surface area contributed by atoms with Crippen LogP contribution in [0.3, 0.4) is 0 Å². The van der Waals surface area contributed by atoms with Crippen molar-refractivity contribution in [3.63, 3.8) is 0 Å². The van der Waals surface area contributed by atoms with Crippen molar-refractivity contribution >= 4 is 45.3 Å². The van der Waals surface area contributed by atoms with Crippen molar-refractivity contribution in [3.8, 4) is 0 Å². The van der Waals surface area contributed by atoms with Gasteiger partial charge in [-0.15, -0.1) is 0 Å². The molecule has 0 saturated heterocycles.